The summed E-state index contributed by atoms with van der Waals surface area (Å²) in [7, 11) is 1.55. The Labute approximate surface area is 167 Å². The molecule has 0 bridgehead atoms. The van der Waals surface area contributed by atoms with Crippen molar-refractivity contribution in [2.45, 2.75) is 13.8 Å². The van der Waals surface area contributed by atoms with Gasteiger partial charge in [-0.3, -0.25) is 0 Å². The van der Waals surface area contributed by atoms with Crippen molar-refractivity contribution in [2.24, 2.45) is 0 Å². The molecule has 0 fully saturated rings. The van der Waals surface area contributed by atoms with E-state index in [0.29, 0.717) is 17.1 Å². The normalized spacial score (nSPS) is 10.8. The van der Waals surface area contributed by atoms with Gasteiger partial charge in [-0.05, 0) is 55.1 Å². The minimum Gasteiger partial charge on any atom is -0.493 e. The molecule has 2 heterocycles. The Hall–Kier alpha value is -3.18. The maximum atomic E-state index is 13.1. The Morgan fingerprint density at radius 2 is 1.79 bits per heavy atom. The average molecular weight is 389 g/mol. The number of carbonyl (C=O) groups is 1. The van der Waals surface area contributed by atoms with Crippen LogP contribution in [0.1, 0.15) is 21.5 Å². The topological polar surface area (TPSA) is 48.4 Å². The predicted octanol–water partition coefficient (Wildman–Crippen LogP) is 5.81. The molecule has 0 saturated carbocycles. The number of thiophene rings is 1. The number of para-hydroxylation sites is 2. The summed E-state index contributed by atoms with van der Waals surface area (Å²) in [6.07, 6.45) is 0. The molecule has 2 aromatic carbocycles. The molecule has 0 atom stereocenters. The predicted molar refractivity (Wildman–Crippen MR) is 112 cm³/mol. The molecule has 4 rings (SSSR count). The number of esters is 1. The second kappa shape index (κ2) is 7.44. The second-order valence-electron chi connectivity index (χ2n) is 6.55. The third-order valence-corrected chi connectivity index (χ3v) is 5.41. The first-order valence-corrected chi connectivity index (χ1v) is 9.76. The Bertz CT molecular complexity index is 1170. The van der Waals surface area contributed by atoms with E-state index in [1.165, 1.54) is 0 Å². The molecule has 4 nitrogen and oxygen atoms in total. The van der Waals surface area contributed by atoms with Gasteiger partial charge in [-0.1, -0.05) is 29.8 Å². The number of carbonyl (C=O) groups excluding carboxylic acids is 1. The van der Waals surface area contributed by atoms with E-state index in [1.54, 1.807) is 36.6 Å². The van der Waals surface area contributed by atoms with Gasteiger partial charge in [-0.25, -0.2) is 9.78 Å². The summed E-state index contributed by atoms with van der Waals surface area (Å²) >= 11 is 1.59. The summed E-state index contributed by atoms with van der Waals surface area (Å²) in [5, 5.41) is 2.79. The number of methoxy groups -OCH3 is 1. The van der Waals surface area contributed by atoms with Gasteiger partial charge >= 0.3 is 5.97 Å². The number of benzene rings is 2. The highest BCUT2D eigenvalue weighted by Crippen LogP contribution is 2.32. The highest BCUT2D eigenvalue weighted by molar-refractivity contribution is 7.13. The van der Waals surface area contributed by atoms with E-state index in [9.17, 15) is 4.79 Å². The molecule has 4 aromatic rings. The van der Waals surface area contributed by atoms with Gasteiger partial charge in [0.25, 0.3) is 0 Å². The molecule has 0 amide bonds. The van der Waals surface area contributed by atoms with Gasteiger partial charge < -0.3 is 9.47 Å². The van der Waals surface area contributed by atoms with Crippen LogP contribution in [0.25, 0.3) is 21.5 Å². The molecular formula is C23H19NO3S. The van der Waals surface area contributed by atoms with Gasteiger partial charge in [0.1, 0.15) is 0 Å². The first-order chi connectivity index (χ1) is 13.6. The van der Waals surface area contributed by atoms with Crippen LogP contribution in [-0.2, 0) is 0 Å². The smallest absolute Gasteiger partial charge is 0.344 e. The van der Waals surface area contributed by atoms with Gasteiger partial charge in [0.2, 0.25) is 0 Å². The first-order valence-electron chi connectivity index (χ1n) is 8.88. The lowest BCUT2D eigenvalue weighted by Crippen LogP contribution is -2.11. The minimum atomic E-state index is -0.431. The second-order valence-corrected chi connectivity index (χ2v) is 7.50. The third-order valence-electron chi connectivity index (χ3n) is 4.51. The zero-order valence-electron chi connectivity index (χ0n) is 15.9. The quantitative estimate of drug-likeness (QED) is 0.326. The number of hydrogen-bond donors (Lipinski definition) is 0. The zero-order chi connectivity index (χ0) is 19.7. The van der Waals surface area contributed by atoms with E-state index < -0.39 is 5.97 Å². The fourth-order valence-corrected chi connectivity index (χ4v) is 3.94. The van der Waals surface area contributed by atoms with Crippen LogP contribution in [0.15, 0.2) is 60.0 Å². The fraction of sp³-hybridized carbons (Fsp3) is 0.130. The van der Waals surface area contributed by atoms with Crippen LogP contribution in [0.2, 0.25) is 0 Å². The number of pyridine rings is 1. The first kappa shape index (κ1) is 18.2. The summed E-state index contributed by atoms with van der Waals surface area (Å²) < 4.78 is 11.0. The molecular weight excluding hydrogens is 370 g/mol. The largest absolute Gasteiger partial charge is 0.493 e. The molecule has 140 valence electrons. The Morgan fingerprint density at radius 1 is 1.00 bits per heavy atom. The van der Waals surface area contributed by atoms with E-state index in [4.69, 9.17) is 14.5 Å². The standard InChI is InChI=1S/C23H19NO3S/c1-14-11-15(2)22-16(12-14)17(13-18(24-22)21-9-6-10-28-21)23(25)27-20-8-5-4-7-19(20)26-3/h4-13H,1-3H3. The molecule has 0 aliphatic heterocycles. The number of aromatic nitrogens is 1. The van der Waals surface area contributed by atoms with Crippen LogP contribution >= 0.6 is 11.3 Å². The van der Waals surface area contributed by atoms with E-state index in [-0.39, 0.29) is 0 Å². The molecule has 0 radical (unpaired) electrons. The highest BCUT2D eigenvalue weighted by Gasteiger charge is 2.19. The SMILES string of the molecule is COc1ccccc1OC(=O)c1cc(-c2cccs2)nc2c(C)cc(C)cc12. The van der Waals surface area contributed by atoms with Crippen molar-refractivity contribution in [1.82, 2.24) is 4.98 Å². The van der Waals surface area contributed by atoms with Crippen LogP contribution in [0.5, 0.6) is 11.5 Å². The summed E-state index contributed by atoms with van der Waals surface area (Å²) in [6.45, 7) is 4.02. The van der Waals surface area contributed by atoms with E-state index >= 15 is 0 Å². The van der Waals surface area contributed by atoms with E-state index in [2.05, 4.69) is 6.07 Å². The average Bonchev–Trinajstić information content (AvgIpc) is 3.22. The maximum absolute atomic E-state index is 13.1. The fourth-order valence-electron chi connectivity index (χ4n) is 3.26. The summed E-state index contributed by atoms with van der Waals surface area (Å²) in [5.41, 5.74) is 4.16. The van der Waals surface area contributed by atoms with Crippen LogP contribution in [0.4, 0.5) is 0 Å². The molecule has 0 saturated heterocycles. The Morgan fingerprint density at radius 3 is 2.50 bits per heavy atom. The van der Waals surface area contributed by atoms with Gasteiger partial charge in [0.15, 0.2) is 11.5 Å². The monoisotopic (exact) mass is 389 g/mol. The van der Waals surface area contributed by atoms with Crippen molar-refractivity contribution in [3.63, 3.8) is 0 Å². The highest BCUT2D eigenvalue weighted by atomic mass is 32.1. The number of fused-ring (bicyclic) bond motifs is 1. The Balaban J connectivity index is 1.88. The van der Waals surface area contributed by atoms with Crippen LogP contribution in [0, 0.1) is 13.8 Å². The summed E-state index contributed by atoms with van der Waals surface area (Å²) in [6, 6.07) is 17.0. The molecule has 0 aliphatic carbocycles. The Kier molecular flexibility index (Phi) is 4.84. The molecule has 28 heavy (non-hydrogen) atoms. The van der Waals surface area contributed by atoms with Crippen LogP contribution < -0.4 is 9.47 Å². The molecule has 0 N–H and O–H groups in total. The van der Waals surface area contributed by atoms with Crippen molar-refractivity contribution >= 4 is 28.2 Å². The lowest BCUT2D eigenvalue weighted by molar-refractivity contribution is 0.0732. The van der Waals surface area contributed by atoms with Crippen molar-refractivity contribution < 1.29 is 14.3 Å². The van der Waals surface area contributed by atoms with E-state index in [0.717, 1.165) is 32.6 Å². The van der Waals surface area contributed by atoms with Crippen molar-refractivity contribution in [3.8, 4) is 22.1 Å². The number of aryl methyl sites for hydroxylation is 2. The van der Waals surface area contributed by atoms with Gasteiger partial charge in [0.05, 0.1) is 28.8 Å². The number of rotatable bonds is 4. The molecule has 2 aromatic heterocycles. The van der Waals surface area contributed by atoms with Crippen LogP contribution in [0.3, 0.4) is 0 Å². The number of ether oxygens (including phenoxy) is 2. The van der Waals surface area contributed by atoms with Gasteiger partial charge in [0, 0.05) is 5.39 Å². The van der Waals surface area contributed by atoms with E-state index in [1.807, 2.05) is 49.6 Å². The molecule has 0 spiro atoms. The van der Waals surface area contributed by atoms with Crippen molar-refractivity contribution in [2.75, 3.05) is 7.11 Å². The molecule has 0 aliphatic rings. The lowest BCUT2D eigenvalue weighted by atomic mass is 10.0. The number of hydrogen-bond acceptors (Lipinski definition) is 5. The van der Waals surface area contributed by atoms with Crippen molar-refractivity contribution in [1.29, 1.82) is 0 Å². The molecule has 0 unspecified atom stereocenters. The van der Waals surface area contributed by atoms with Gasteiger partial charge in [-0.2, -0.15) is 0 Å². The van der Waals surface area contributed by atoms with Gasteiger partial charge in [-0.15, -0.1) is 11.3 Å². The number of nitrogens with zero attached hydrogens (tertiary/aromatic N) is 1. The lowest BCUT2D eigenvalue weighted by Gasteiger charge is -2.13. The molecule has 5 heteroatoms. The summed E-state index contributed by atoms with van der Waals surface area (Å²) in [5.74, 6) is 0.474. The maximum Gasteiger partial charge on any atom is 0.344 e. The zero-order valence-corrected chi connectivity index (χ0v) is 16.7. The van der Waals surface area contributed by atoms with Crippen LogP contribution in [-0.4, -0.2) is 18.1 Å². The third kappa shape index (κ3) is 3.37. The van der Waals surface area contributed by atoms with Crippen molar-refractivity contribution in [3.05, 3.63) is 76.7 Å². The summed E-state index contributed by atoms with van der Waals surface area (Å²) in [4.78, 5) is 19.0. The minimum absolute atomic E-state index is 0.391.